The number of rotatable bonds is 13. The van der Waals surface area contributed by atoms with Gasteiger partial charge in [0.25, 0.3) is 5.69 Å². The van der Waals surface area contributed by atoms with Crippen LogP contribution in [0.15, 0.2) is 134 Å². The molecule has 0 saturated heterocycles. The second kappa shape index (κ2) is 18.2. The lowest BCUT2D eigenvalue weighted by Gasteiger charge is -2.12. The first-order valence-corrected chi connectivity index (χ1v) is 17.8. The van der Waals surface area contributed by atoms with Crippen molar-refractivity contribution in [2.24, 2.45) is 0 Å². The van der Waals surface area contributed by atoms with E-state index < -0.39 is 4.92 Å². The van der Waals surface area contributed by atoms with Crippen molar-refractivity contribution < 1.29 is 24.6 Å². The van der Waals surface area contributed by atoms with Gasteiger partial charge in [-0.05, 0) is 59.7 Å². The van der Waals surface area contributed by atoms with E-state index in [1.54, 1.807) is 42.9 Å². The van der Waals surface area contributed by atoms with Crippen LogP contribution in [-0.4, -0.2) is 45.0 Å². The Hall–Kier alpha value is -7.82. The van der Waals surface area contributed by atoms with Crippen LogP contribution in [0.3, 0.4) is 0 Å². The number of benzene rings is 4. The summed E-state index contributed by atoms with van der Waals surface area (Å²) in [6.07, 6.45) is 9.41. The van der Waals surface area contributed by atoms with Crippen LogP contribution >= 0.6 is 0 Å². The Kier molecular flexibility index (Phi) is 12.1. The summed E-state index contributed by atoms with van der Waals surface area (Å²) in [7, 11) is 0. The number of non-ortho nitro benzene ring substituents is 1. The Morgan fingerprint density at radius 3 is 1.53 bits per heavy atom. The van der Waals surface area contributed by atoms with Crippen molar-refractivity contribution >= 4 is 56.2 Å². The van der Waals surface area contributed by atoms with Crippen molar-refractivity contribution in [1.29, 1.82) is 0 Å². The number of aliphatic hydroxyl groups excluding tert-OH is 2. The Labute approximate surface area is 331 Å². The maximum atomic E-state index is 11.3. The number of anilines is 5. The first-order valence-electron chi connectivity index (χ1n) is 17.8. The van der Waals surface area contributed by atoms with Gasteiger partial charge < -0.3 is 36.1 Å². The van der Waals surface area contributed by atoms with Crippen LogP contribution in [0.5, 0.6) is 11.5 Å². The van der Waals surface area contributed by atoms with Gasteiger partial charge in [0.15, 0.2) is 0 Å². The topological polar surface area (TPSA) is 229 Å². The summed E-state index contributed by atoms with van der Waals surface area (Å²) in [5.41, 5.74) is 9.62. The molecule has 16 nitrogen and oxygen atoms in total. The highest BCUT2D eigenvalue weighted by Gasteiger charge is 2.15. The van der Waals surface area contributed by atoms with Crippen LogP contribution in [0, 0.1) is 10.1 Å². The third-order valence-corrected chi connectivity index (χ3v) is 8.66. The molecule has 8 rings (SSSR count). The molecule has 4 aromatic heterocycles. The summed E-state index contributed by atoms with van der Waals surface area (Å²) < 4.78 is 12.0. The number of aliphatic hydroxyl groups is 2. The van der Waals surface area contributed by atoms with Crippen molar-refractivity contribution in [3.8, 4) is 11.5 Å². The number of nitrogens with one attached hydrogen (secondary N) is 2. The molecule has 0 radical (unpaired) electrons. The number of nitrogens with two attached hydrogens (primary N) is 1. The van der Waals surface area contributed by atoms with Crippen LogP contribution in [0.2, 0.25) is 0 Å². The number of fused-ring (bicyclic) bond motifs is 2. The number of nitro groups is 1. The molecular weight excluding hydrogens is 741 g/mol. The molecule has 0 aliphatic heterocycles. The number of nitrogen functional groups attached to an aromatic ring is 1. The molecule has 0 bridgehead atoms. The van der Waals surface area contributed by atoms with E-state index in [4.69, 9.17) is 25.4 Å². The zero-order valence-corrected chi connectivity index (χ0v) is 30.8. The van der Waals surface area contributed by atoms with Crippen LogP contribution in [0.4, 0.5) is 34.6 Å². The number of nitrogens with zero attached hydrogens (tertiary/aromatic N) is 7. The van der Waals surface area contributed by atoms with E-state index in [2.05, 4.69) is 40.5 Å². The standard InChI is InChI=1S/C21H17N5O4.C21H19N5O2/c27-12-15-10-24-21(11-23-15)25-20-9-14(7-8-22-20)13-30-19-6-5-18(26(28)29)16-3-1-2-4-17(16)19;22-18-5-6-19(17-4-2-1-3-16(17)18)28-13-14-7-8-23-20(9-14)26-21-11-24-15(12-27)10-25-21/h1-11,27H,12-13H2,(H,22,24,25);1-11,27H,12-13,22H2,(H,23,25,26). The minimum atomic E-state index is -0.400. The molecule has 0 aliphatic rings. The number of nitro benzene ring substituents is 1. The van der Waals surface area contributed by atoms with Crippen LogP contribution in [0.1, 0.15) is 22.5 Å². The summed E-state index contributed by atoms with van der Waals surface area (Å²) >= 11 is 0. The van der Waals surface area contributed by atoms with E-state index in [-0.39, 0.29) is 25.5 Å². The van der Waals surface area contributed by atoms with Crippen molar-refractivity contribution in [3.63, 3.8) is 0 Å². The van der Waals surface area contributed by atoms with Crippen LogP contribution in [-0.2, 0) is 26.4 Å². The maximum Gasteiger partial charge on any atom is 0.277 e. The smallest absolute Gasteiger partial charge is 0.277 e. The van der Waals surface area contributed by atoms with E-state index >= 15 is 0 Å². The average Bonchev–Trinajstić information content (AvgIpc) is 3.26. The largest absolute Gasteiger partial charge is 0.488 e. The molecular formula is C42H36N10O6. The zero-order chi connectivity index (χ0) is 40.3. The van der Waals surface area contributed by atoms with Gasteiger partial charge in [0, 0.05) is 40.3 Å². The average molecular weight is 777 g/mol. The molecule has 8 aromatic rings. The van der Waals surface area contributed by atoms with Gasteiger partial charge in [0.2, 0.25) is 0 Å². The summed E-state index contributed by atoms with van der Waals surface area (Å²) in [5.74, 6) is 3.59. The van der Waals surface area contributed by atoms with Gasteiger partial charge in [-0.1, -0.05) is 42.5 Å². The van der Waals surface area contributed by atoms with E-state index in [0.29, 0.717) is 57.8 Å². The summed E-state index contributed by atoms with van der Waals surface area (Å²) in [6, 6.07) is 29.2. The highest BCUT2D eigenvalue weighted by Crippen LogP contribution is 2.34. The minimum absolute atomic E-state index is 0.0432. The number of hydrogen-bond donors (Lipinski definition) is 5. The molecule has 0 fully saturated rings. The molecule has 0 atom stereocenters. The Balaban J connectivity index is 0.000000177. The number of hydrogen-bond acceptors (Lipinski definition) is 15. The van der Waals surface area contributed by atoms with Crippen molar-refractivity contribution in [1.82, 2.24) is 29.9 Å². The van der Waals surface area contributed by atoms with Crippen LogP contribution < -0.4 is 25.8 Å². The van der Waals surface area contributed by atoms with E-state index in [1.807, 2.05) is 66.7 Å². The highest BCUT2D eigenvalue weighted by atomic mass is 16.6. The van der Waals surface area contributed by atoms with Gasteiger partial charge in [-0.25, -0.2) is 19.9 Å². The first kappa shape index (κ1) is 38.5. The predicted octanol–water partition coefficient (Wildman–Crippen LogP) is 7.17. The lowest BCUT2D eigenvalue weighted by atomic mass is 10.1. The van der Waals surface area contributed by atoms with E-state index in [0.717, 1.165) is 33.3 Å². The summed E-state index contributed by atoms with van der Waals surface area (Å²) in [6.45, 7) is 0.336. The number of pyridine rings is 2. The Morgan fingerprint density at radius 1 is 0.569 bits per heavy atom. The highest BCUT2D eigenvalue weighted by molar-refractivity contribution is 5.97. The fraction of sp³-hybridized carbons (Fsp3) is 0.0952. The number of ether oxygens (including phenoxy) is 2. The molecule has 4 aromatic carbocycles. The summed E-state index contributed by atoms with van der Waals surface area (Å²) in [4.78, 5) is 35.9. The second-order valence-corrected chi connectivity index (χ2v) is 12.6. The molecule has 0 saturated carbocycles. The van der Waals surface area contributed by atoms with Crippen LogP contribution in [0.25, 0.3) is 21.5 Å². The van der Waals surface area contributed by atoms with E-state index in [1.165, 1.54) is 24.7 Å². The van der Waals surface area contributed by atoms with Gasteiger partial charge in [-0.2, -0.15) is 0 Å². The zero-order valence-electron chi connectivity index (χ0n) is 30.8. The molecule has 6 N–H and O–H groups in total. The van der Waals surface area contributed by atoms with Gasteiger partial charge >= 0.3 is 0 Å². The monoisotopic (exact) mass is 776 g/mol. The minimum Gasteiger partial charge on any atom is -0.488 e. The lowest BCUT2D eigenvalue weighted by molar-refractivity contribution is -0.383. The summed E-state index contributed by atoms with van der Waals surface area (Å²) in [5, 5.41) is 38.6. The molecule has 16 heteroatoms. The van der Waals surface area contributed by atoms with Crippen molar-refractivity contribution in [3.05, 3.63) is 167 Å². The Morgan fingerprint density at radius 2 is 1.05 bits per heavy atom. The molecule has 0 aliphatic carbocycles. The molecule has 0 unspecified atom stereocenters. The fourth-order valence-corrected chi connectivity index (χ4v) is 5.81. The Bertz CT molecular complexity index is 2670. The predicted molar refractivity (Wildman–Crippen MR) is 219 cm³/mol. The van der Waals surface area contributed by atoms with Crippen molar-refractivity contribution in [2.45, 2.75) is 26.4 Å². The van der Waals surface area contributed by atoms with Gasteiger partial charge in [-0.3, -0.25) is 20.1 Å². The van der Waals surface area contributed by atoms with E-state index in [9.17, 15) is 10.1 Å². The molecule has 0 amide bonds. The lowest BCUT2D eigenvalue weighted by Crippen LogP contribution is -2.01. The third-order valence-electron chi connectivity index (χ3n) is 8.66. The normalized spacial score (nSPS) is 10.7. The first-order chi connectivity index (χ1) is 28.4. The molecule has 0 spiro atoms. The van der Waals surface area contributed by atoms with Gasteiger partial charge in [0.05, 0.1) is 59.7 Å². The van der Waals surface area contributed by atoms with Gasteiger partial charge in [-0.15, -0.1) is 0 Å². The maximum absolute atomic E-state index is 11.3. The molecule has 290 valence electrons. The van der Waals surface area contributed by atoms with Gasteiger partial charge in [0.1, 0.15) is 48.0 Å². The third kappa shape index (κ3) is 9.51. The second-order valence-electron chi connectivity index (χ2n) is 12.6. The fourth-order valence-electron chi connectivity index (χ4n) is 5.81. The molecule has 4 heterocycles. The SMILES string of the molecule is Nc1ccc(OCc2ccnc(Nc3cnc(CO)cn3)c2)c2ccccc12.O=[N+]([O-])c1ccc(OCc2ccnc(Nc3cnc(CO)cn3)c2)c2ccccc12. The quantitative estimate of drug-likeness (QED) is 0.0444. The van der Waals surface area contributed by atoms with Crippen molar-refractivity contribution in [2.75, 3.05) is 16.4 Å². The number of aromatic nitrogens is 6. The molecule has 58 heavy (non-hydrogen) atoms.